The zero-order chi connectivity index (χ0) is 17.8. The summed E-state index contributed by atoms with van der Waals surface area (Å²) in [5.74, 6) is 2.52. The van der Waals surface area contributed by atoms with E-state index in [1.54, 1.807) is 17.7 Å². The van der Waals surface area contributed by atoms with Crippen molar-refractivity contribution in [3.8, 4) is 0 Å². The molecule has 2 N–H and O–H groups in total. The highest BCUT2D eigenvalue weighted by atomic mass is 32.1. The van der Waals surface area contributed by atoms with Gasteiger partial charge in [-0.15, -0.1) is 11.3 Å². The van der Waals surface area contributed by atoms with Gasteiger partial charge in [-0.3, -0.25) is 0 Å². The molecule has 2 aromatic rings. The van der Waals surface area contributed by atoms with Gasteiger partial charge < -0.3 is 15.3 Å². The second-order valence-corrected chi connectivity index (χ2v) is 7.92. The molecule has 1 aliphatic rings. The van der Waals surface area contributed by atoms with Crippen LogP contribution in [0, 0.1) is 5.92 Å². The predicted molar refractivity (Wildman–Crippen MR) is 102 cm³/mol. The van der Waals surface area contributed by atoms with Gasteiger partial charge in [0, 0.05) is 37.1 Å². The summed E-state index contributed by atoms with van der Waals surface area (Å²) < 4.78 is 0. The number of piperidine rings is 1. The molecule has 0 radical (unpaired) electrons. The second-order valence-electron chi connectivity index (χ2n) is 7.03. The van der Waals surface area contributed by atoms with Crippen molar-refractivity contribution in [2.45, 2.75) is 45.6 Å². The molecule has 0 aromatic carbocycles. The number of aromatic nitrogens is 3. The Kier molecular flexibility index (Phi) is 5.86. The molecule has 0 spiro atoms. The summed E-state index contributed by atoms with van der Waals surface area (Å²) in [4.78, 5) is 15.7. The smallest absolute Gasteiger partial charge is 0.134 e. The van der Waals surface area contributed by atoms with Crippen LogP contribution in [0.1, 0.15) is 56.3 Å². The van der Waals surface area contributed by atoms with Crippen LogP contribution in [0.3, 0.4) is 0 Å². The average Bonchev–Trinajstić information content (AvgIpc) is 3.13. The lowest BCUT2D eigenvalue weighted by Gasteiger charge is -2.32. The third-order valence-electron chi connectivity index (χ3n) is 4.60. The molecular formula is C18H27N5OS. The molecule has 6 nitrogen and oxygen atoms in total. The SMILES string of the molecule is CC(C)c1nc(C(C)Nc2cc(N3CCCC(CO)C3)ncn2)cs1. The monoisotopic (exact) mass is 361 g/mol. The van der Waals surface area contributed by atoms with E-state index in [1.165, 1.54) is 0 Å². The van der Waals surface area contributed by atoms with E-state index < -0.39 is 0 Å². The molecule has 0 amide bonds. The van der Waals surface area contributed by atoms with Crippen molar-refractivity contribution in [2.75, 3.05) is 29.9 Å². The van der Waals surface area contributed by atoms with E-state index in [0.29, 0.717) is 11.8 Å². The maximum absolute atomic E-state index is 9.42. The second kappa shape index (κ2) is 8.10. The first-order valence-corrected chi connectivity index (χ1v) is 9.84. The fourth-order valence-electron chi connectivity index (χ4n) is 3.08. The first-order chi connectivity index (χ1) is 12.1. The Bertz CT molecular complexity index is 690. The fourth-order valence-corrected chi connectivity index (χ4v) is 4.01. The van der Waals surface area contributed by atoms with E-state index in [-0.39, 0.29) is 12.6 Å². The van der Waals surface area contributed by atoms with Crippen LogP contribution in [0.5, 0.6) is 0 Å². The van der Waals surface area contributed by atoms with Gasteiger partial charge in [0.25, 0.3) is 0 Å². The highest BCUT2D eigenvalue weighted by Gasteiger charge is 2.21. The van der Waals surface area contributed by atoms with Crippen molar-refractivity contribution in [1.29, 1.82) is 0 Å². The number of thiazole rings is 1. The van der Waals surface area contributed by atoms with Crippen LogP contribution >= 0.6 is 11.3 Å². The molecule has 0 aliphatic carbocycles. The third-order valence-corrected chi connectivity index (χ3v) is 5.76. The summed E-state index contributed by atoms with van der Waals surface area (Å²) in [6, 6.07) is 2.09. The Labute approximate surface area is 153 Å². The molecule has 3 heterocycles. The Hall–Kier alpha value is -1.73. The Balaban J connectivity index is 1.68. The molecule has 2 unspecified atom stereocenters. The van der Waals surface area contributed by atoms with Crippen LogP contribution < -0.4 is 10.2 Å². The van der Waals surface area contributed by atoms with E-state index >= 15 is 0 Å². The van der Waals surface area contributed by atoms with Crippen LogP contribution in [0.4, 0.5) is 11.6 Å². The molecule has 1 saturated heterocycles. The lowest BCUT2D eigenvalue weighted by Crippen LogP contribution is -2.37. The summed E-state index contributed by atoms with van der Waals surface area (Å²) in [5.41, 5.74) is 1.05. The van der Waals surface area contributed by atoms with E-state index in [1.807, 2.05) is 6.07 Å². The van der Waals surface area contributed by atoms with E-state index in [2.05, 4.69) is 46.3 Å². The number of aliphatic hydroxyl groups excluding tert-OH is 1. The quantitative estimate of drug-likeness (QED) is 0.821. The average molecular weight is 362 g/mol. The predicted octanol–water partition coefficient (Wildman–Crippen LogP) is 3.44. The largest absolute Gasteiger partial charge is 0.396 e. The van der Waals surface area contributed by atoms with Gasteiger partial charge in [-0.05, 0) is 25.7 Å². The van der Waals surface area contributed by atoms with Gasteiger partial charge in [-0.25, -0.2) is 15.0 Å². The van der Waals surface area contributed by atoms with Crippen LogP contribution in [0.2, 0.25) is 0 Å². The molecular weight excluding hydrogens is 334 g/mol. The summed E-state index contributed by atoms with van der Waals surface area (Å²) in [6.45, 7) is 8.50. The zero-order valence-electron chi connectivity index (χ0n) is 15.1. The maximum Gasteiger partial charge on any atom is 0.134 e. The minimum absolute atomic E-state index is 0.0954. The van der Waals surface area contributed by atoms with Crippen LogP contribution in [-0.2, 0) is 0 Å². The maximum atomic E-state index is 9.42. The molecule has 2 aromatic heterocycles. The first-order valence-electron chi connectivity index (χ1n) is 8.96. The molecule has 136 valence electrons. The van der Waals surface area contributed by atoms with Crippen molar-refractivity contribution in [1.82, 2.24) is 15.0 Å². The van der Waals surface area contributed by atoms with E-state index in [4.69, 9.17) is 4.98 Å². The van der Waals surface area contributed by atoms with Gasteiger partial charge in [0.2, 0.25) is 0 Å². The van der Waals surface area contributed by atoms with Crippen LogP contribution in [0.25, 0.3) is 0 Å². The number of nitrogens with one attached hydrogen (secondary N) is 1. The van der Waals surface area contributed by atoms with Gasteiger partial charge in [-0.1, -0.05) is 13.8 Å². The number of anilines is 2. The van der Waals surface area contributed by atoms with Crippen molar-refractivity contribution in [2.24, 2.45) is 5.92 Å². The highest BCUT2D eigenvalue weighted by molar-refractivity contribution is 7.09. The normalized spacial score (nSPS) is 19.2. The van der Waals surface area contributed by atoms with Gasteiger partial charge in [0.1, 0.15) is 18.0 Å². The minimum Gasteiger partial charge on any atom is -0.396 e. The summed E-state index contributed by atoms with van der Waals surface area (Å²) in [5, 5.41) is 16.1. The standard InChI is InChI=1S/C18H27N5OS/c1-12(2)18-22-15(10-25-18)13(3)21-16-7-17(20-11-19-16)23-6-4-5-14(8-23)9-24/h7,10-14,24H,4-6,8-9H2,1-3H3,(H,19,20,21). The van der Waals surface area contributed by atoms with Gasteiger partial charge in [-0.2, -0.15) is 0 Å². The molecule has 1 aliphatic heterocycles. The molecule has 25 heavy (non-hydrogen) atoms. The summed E-state index contributed by atoms with van der Waals surface area (Å²) in [6.07, 6.45) is 3.78. The molecule has 7 heteroatoms. The van der Waals surface area contributed by atoms with Crippen molar-refractivity contribution in [3.63, 3.8) is 0 Å². The van der Waals surface area contributed by atoms with E-state index in [9.17, 15) is 5.11 Å². The first kappa shape index (κ1) is 18.1. The number of hydrogen-bond acceptors (Lipinski definition) is 7. The lowest BCUT2D eigenvalue weighted by atomic mass is 9.99. The van der Waals surface area contributed by atoms with Crippen molar-refractivity contribution < 1.29 is 5.11 Å². The summed E-state index contributed by atoms with van der Waals surface area (Å²) in [7, 11) is 0. The molecule has 3 rings (SSSR count). The highest BCUT2D eigenvalue weighted by Crippen LogP contribution is 2.26. The molecule has 1 fully saturated rings. The number of aliphatic hydroxyl groups is 1. The third kappa shape index (κ3) is 4.46. The Morgan fingerprint density at radius 2 is 2.20 bits per heavy atom. The molecule has 2 atom stereocenters. The van der Waals surface area contributed by atoms with E-state index in [0.717, 1.165) is 48.3 Å². The fraction of sp³-hybridized carbons (Fsp3) is 0.611. The van der Waals surface area contributed by atoms with Crippen LogP contribution in [-0.4, -0.2) is 39.8 Å². The number of hydrogen-bond donors (Lipinski definition) is 2. The minimum atomic E-state index is 0.0954. The summed E-state index contributed by atoms with van der Waals surface area (Å²) >= 11 is 1.71. The van der Waals surface area contributed by atoms with Crippen molar-refractivity contribution >= 4 is 23.0 Å². The molecule has 0 saturated carbocycles. The lowest BCUT2D eigenvalue weighted by molar-refractivity contribution is 0.208. The van der Waals surface area contributed by atoms with Crippen LogP contribution in [0.15, 0.2) is 17.8 Å². The van der Waals surface area contributed by atoms with Gasteiger partial charge in [0.15, 0.2) is 0 Å². The molecule has 0 bridgehead atoms. The van der Waals surface area contributed by atoms with Gasteiger partial charge in [0.05, 0.1) is 16.7 Å². The Morgan fingerprint density at radius 3 is 2.92 bits per heavy atom. The van der Waals surface area contributed by atoms with Gasteiger partial charge >= 0.3 is 0 Å². The Morgan fingerprint density at radius 1 is 1.36 bits per heavy atom. The number of rotatable bonds is 6. The zero-order valence-corrected chi connectivity index (χ0v) is 16.0. The topological polar surface area (TPSA) is 74.2 Å². The number of nitrogens with zero attached hydrogens (tertiary/aromatic N) is 4. The van der Waals surface area contributed by atoms with Crippen molar-refractivity contribution in [3.05, 3.63) is 28.5 Å².